The molecular formula is C14H28N2O. The minimum atomic E-state index is 0.236. The maximum absolute atomic E-state index is 11.5. The standard InChI is InChI=1S/C14H28N2O/c1-2-3-4-5-6-9-14(17)16-12-10-13-8-7-11-15-13/h13,15H,2-12H2,1H3,(H,16,17). The molecule has 1 amide bonds. The van der Waals surface area contributed by atoms with E-state index < -0.39 is 0 Å². The van der Waals surface area contributed by atoms with E-state index in [1.54, 1.807) is 0 Å². The first kappa shape index (κ1) is 14.5. The zero-order valence-corrected chi connectivity index (χ0v) is 11.3. The van der Waals surface area contributed by atoms with E-state index in [1.807, 2.05) is 0 Å². The van der Waals surface area contributed by atoms with Crippen LogP contribution in [0.1, 0.15) is 64.7 Å². The van der Waals surface area contributed by atoms with Gasteiger partial charge in [0.2, 0.25) is 5.91 Å². The van der Waals surface area contributed by atoms with Gasteiger partial charge < -0.3 is 10.6 Å². The monoisotopic (exact) mass is 240 g/mol. The molecule has 0 bridgehead atoms. The molecule has 1 aliphatic heterocycles. The van der Waals surface area contributed by atoms with Crippen LogP contribution in [0.25, 0.3) is 0 Å². The van der Waals surface area contributed by atoms with Crippen LogP contribution in [0.15, 0.2) is 0 Å². The molecule has 1 unspecified atom stereocenters. The fourth-order valence-electron chi connectivity index (χ4n) is 2.37. The molecule has 0 aliphatic carbocycles. The Balaban J connectivity index is 1.86. The highest BCUT2D eigenvalue weighted by Gasteiger charge is 2.13. The van der Waals surface area contributed by atoms with Crippen molar-refractivity contribution in [1.82, 2.24) is 10.6 Å². The van der Waals surface area contributed by atoms with E-state index in [0.717, 1.165) is 25.9 Å². The van der Waals surface area contributed by atoms with Crippen LogP contribution in [0.2, 0.25) is 0 Å². The first-order valence-electron chi connectivity index (χ1n) is 7.33. The van der Waals surface area contributed by atoms with E-state index in [1.165, 1.54) is 38.5 Å². The molecule has 1 rings (SSSR count). The van der Waals surface area contributed by atoms with E-state index in [0.29, 0.717) is 12.5 Å². The van der Waals surface area contributed by atoms with Crippen molar-refractivity contribution in [2.45, 2.75) is 70.8 Å². The van der Waals surface area contributed by atoms with Crippen LogP contribution in [0.4, 0.5) is 0 Å². The van der Waals surface area contributed by atoms with Crippen molar-refractivity contribution >= 4 is 5.91 Å². The van der Waals surface area contributed by atoms with Gasteiger partial charge in [-0.2, -0.15) is 0 Å². The Bertz CT molecular complexity index is 200. The lowest BCUT2D eigenvalue weighted by Gasteiger charge is -2.10. The molecule has 0 radical (unpaired) electrons. The number of rotatable bonds is 9. The number of carbonyl (C=O) groups excluding carboxylic acids is 1. The minimum absolute atomic E-state index is 0.236. The molecule has 0 aromatic carbocycles. The number of hydrogen-bond acceptors (Lipinski definition) is 2. The molecular weight excluding hydrogens is 212 g/mol. The number of nitrogens with one attached hydrogen (secondary N) is 2. The second-order valence-corrected chi connectivity index (χ2v) is 5.10. The summed E-state index contributed by atoms with van der Waals surface area (Å²) in [7, 11) is 0. The SMILES string of the molecule is CCCCCCCC(=O)NCCC1CCCN1. The number of carbonyl (C=O) groups is 1. The maximum atomic E-state index is 11.5. The lowest BCUT2D eigenvalue weighted by atomic mass is 10.1. The number of unbranched alkanes of at least 4 members (excludes halogenated alkanes) is 4. The molecule has 1 fully saturated rings. The fraction of sp³-hybridized carbons (Fsp3) is 0.929. The van der Waals surface area contributed by atoms with Crippen molar-refractivity contribution in [3.05, 3.63) is 0 Å². The lowest BCUT2D eigenvalue weighted by Crippen LogP contribution is -2.30. The topological polar surface area (TPSA) is 41.1 Å². The predicted molar refractivity (Wildman–Crippen MR) is 72.0 cm³/mol. The summed E-state index contributed by atoms with van der Waals surface area (Å²) in [5, 5.41) is 6.47. The largest absolute Gasteiger partial charge is 0.356 e. The predicted octanol–water partition coefficient (Wildman–Crippen LogP) is 2.61. The molecule has 0 saturated carbocycles. The van der Waals surface area contributed by atoms with Gasteiger partial charge in [0.15, 0.2) is 0 Å². The molecule has 0 aromatic heterocycles. The molecule has 2 N–H and O–H groups in total. The first-order valence-corrected chi connectivity index (χ1v) is 7.33. The van der Waals surface area contributed by atoms with Crippen molar-refractivity contribution in [3.63, 3.8) is 0 Å². The van der Waals surface area contributed by atoms with Gasteiger partial charge in [0, 0.05) is 19.0 Å². The van der Waals surface area contributed by atoms with Gasteiger partial charge in [-0.15, -0.1) is 0 Å². The summed E-state index contributed by atoms with van der Waals surface area (Å²) in [5.41, 5.74) is 0. The maximum Gasteiger partial charge on any atom is 0.219 e. The van der Waals surface area contributed by atoms with Crippen LogP contribution in [0.5, 0.6) is 0 Å². The number of hydrogen-bond donors (Lipinski definition) is 2. The van der Waals surface area contributed by atoms with Crippen LogP contribution in [-0.2, 0) is 4.79 Å². The molecule has 100 valence electrons. The summed E-state index contributed by atoms with van der Waals surface area (Å²) in [6, 6.07) is 0.639. The average Bonchev–Trinajstić information content (AvgIpc) is 2.82. The van der Waals surface area contributed by atoms with Crippen molar-refractivity contribution in [1.29, 1.82) is 0 Å². The van der Waals surface area contributed by atoms with Crippen LogP contribution in [0, 0.1) is 0 Å². The van der Waals surface area contributed by atoms with Gasteiger partial charge in [-0.05, 0) is 32.2 Å². The quantitative estimate of drug-likeness (QED) is 0.608. The van der Waals surface area contributed by atoms with Crippen molar-refractivity contribution in [2.75, 3.05) is 13.1 Å². The molecule has 17 heavy (non-hydrogen) atoms. The smallest absolute Gasteiger partial charge is 0.219 e. The Morgan fingerprint density at radius 1 is 1.29 bits per heavy atom. The van der Waals surface area contributed by atoms with Gasteiger partial charge in [0.25, 0.3) is 0 Å². The highest BCUT2D eigenvalue weighted by molar-refractivity contribution is 5.75. The van der Waals surface area contributed by atoms with Gasteiger partial charge in [-0.25, -0.2) is 0 Å². The van der Waals surface area contributed by atoms with Crippen LogP contribution < -0.4 is 10.6 Å². The van der Waals surface area contributed by atoms with E-state index in [2.05, 4.69) is 17.6 Å². The van der Waals surface area contributed by atoms with Gasteiger partial charge >= 0.3 is 0 Å². The Morgan fingerprint density at radius 3 is 2.82 bits per heavy atom. The normalized spacial score (nSPS) is 19.5. The lowest BCUT2D eigenvalue weighted by molar-refractivity contribution is -0.121. The zero-order chi connectivity index (χ0) is 12.3. The number of amides is 1. The van der Waals surface area contributed by atoms with Crippen molar-refractivity contribution in [3.8, 4) is 0 Å². The average molecular weight is 240 g/mol. The highest BCUT2D eigenvalue weighted by Crippen LogP contribution is 2.08. The van der Waals surface area contributed by atoms with Crippen LogP contribution >= 0.6 is 0 Å². The highest BCUT2D eigenvalue weighted by atomic mass is 16.1. The van der Waals surface area contributed by atoms with Crippen LogP contribution in [0.3, 0.4) is 0 Å². The van der Waals surface area contributed by atoms with E-state index in [9.17, 15) is 4.79 Å². The summed E-state index contributed by atoms with van der Waals surface area (Å²) in [5.74, 6) is 0.236. The molecule has 3 nitrogen and oxygen atoms in total. The molecule has 1 aliphatic rings. The van der Waals surface area contributed by atoms with Gasteiger partial charge in [-0.3, -0.25) is 4.79 Å². The second kappa shape index (κ2) is 9.46. The van der Waals surface area contributed by atoms with E-state index in [4.69, 9.17) is 0 Å². The summed E-state index contributed by atoms with van der Waals surface area (Å²) in [6.45, 7) is 4.20. The van der Waals surface area contributed by atoms with Crippen molar-refractivity contribution in [2.24, 2.45) is 0 Å². The molecule has 0 aromatic rings. The summed E-state index contributed by atoms with van der Waals surface area (Å²) >= 11 is 0. The second-order valence-electron chi connectivity index (χ2n) is 5.10. The van der Waals surface area contributed by atoms with Crippen LogP contribution in [-0.4, -0.2) is 25.0 Å². The zero-order valence-electron chi connectivity index (χ0n) is 11.3. The third-order valence-corrected chi connectivity index (χ3v) is 3.48. The van der Waals surface area contributed by atoms with Gasteiger partial charge in [0.05, 0.1) is 0 Å². The molecule has 1 saturated heterocycles. The Hall–Kier alpha value is -0.570. The Morgan fingerprint density at radius 2 is 2.12 bits per heavy atom. The summed E-state index contributed by atoms with van der Waals surface area (Å²) in [4.78, 5) is 11.5. The van der Waals surface area contributed by atoms with E-state index in [-0.39, 0.29) is 5.91 Å². The Labute approximate surface area is 106 Å². The van der Waals surface area contributed by atoms with Gasteiger partial charge in [0.1, 0.15) is 0 Å². The molecule has 1 heterocycles. The minimum Gasteiger partial charge on any atom is -0.356 e. The summed E-state index contributed by atoms with van der Waals surface area (Å²) < 4.78 is 0. The molecule has 3 heteroatoms. The third-order valence-electron chi connectivity index (χ3n) is 3.48. The molecule has 0 spiro atoms. The first-order chi connectivity index (χ1) is 8.33. The Kier molecular flexibility index (Phi) is 8.06. The van der Waals surface area contributed by atoms with Crippen molar-refractivity contribution < 1.29 is 4.79 Å². The summed E-state index contributed by atoms with van der Waals surface area (Å²) in [6.07, 6.45) is 10.4. The van der Waals surface area contributed by atoms with E-state index >= 15 is 0 Å². The van der Waals surface area contributed by atoms with Gasteiger partial charge in [-0.1, -0.05) is 32.6 Å². The third kappa shape index (κ3) is 7.37. The fourth-order valence-corrected chi connectivity index (χ4v) is 2.37. The molecule has 1 atom stereocenters.